The van der Waals surface area contributed by atoms with Crippen molar-refractivity contribution < 1.29 is 28.6 Å². The van der Waals surface area contributed by atoms with Crippen molar-refractivity contribution in [1.82, 2.24) is 0 Å². The molecule has 0 N–H and O–H groups in total. The van der Waals surface area contributed by atoms with Gasteiger partial charge in [0.25, 0.3) is 0 Å². The lowest BCUT2D eigenvalue weighted by Gasteiger charge is -2.18. The first-order chi connectivity index (χ1) is 41.0. The maximum atomic E-state index is 12.9. The summed E-state index contributed by atoms with van der Waals surface area (Å²) in [5.74, 6) is -0.904. The summed E-state index contributed by atoms with van der Waals surface area (Å²) in [6.07, 6.45) is 95.8. The molecule has 6 nitrogen and oxygen atoms in total. The van der Waals surface area contributed by atoms with Gasteiger partial charge in [-0.3, -0.25) is 14.4 Å². The zero-order valence-electron chi connectivity index (χ0n) is 54.9. The first kappa shape index (κ1) is 79.3. The van der Waals surface area contributed by atoms with Crippen molar-refractivity contribution in [2.24, 2.45) is 0 Å². The van der Waals surface area contributed by atoms with Gasteiger partial charge in [0.05, 0.1) is 0 Å². The van der Waals surface area contributed by atoms with Crippen molar-refractivity contribution in [3.05, 3.63) is 97.2 Å². The maximum Gasteiger partial charge on any atom is 0.306 e. The summed E-state index contributed by atoms with van der Waals surface area (Å²) in [4.78, 5) is 38.4. The third-order valence-corrected chi connectivity index (χ3v) is 15.6. The summed E-state index contributed by atoms with van der Waals surface area (Å²) in [5, 5.41) is 0. The lowest BCUT2D eigenvalue weighted by Crippen LogP contribution is -2.30. The summed E-state index contributed by atoms with van der Waals surface area (Å²) in [6.45, 7) is 6.54. The molecule has 0 spiro atoms. The van der Waals surface area contributed by atoms with Crippen LogP contribution in [-0.2, 0) is 28.6 Å². The standard InChI is InChI=1S/C77H134O6/c1-4-7-10-13-16-19-22-25-27-29-31-33-35-37-38-40-41-43-45-47-49-52-55-58-61-64-67-70-76(79)82-73-74(72-81-75(78)69-66-63-60-57-54-51-24-21-18-15-12-9-6-3)83-77(80)71-68-65-62-59-56-53-50-48-46-44-42-39-36-34-32-30-28-26-23-20-17-14-11-8-5-2/h8,11,17,20,26,28-29,31-32,34,39,42,46,48,53,56,74H,4-7,9-10,12-16,18-19,21-25,27,30,33,35-38,40-41,43-45,47,49-52,54-55,57-73H2,1-3H3/b11-8-,20-17-,28-26-,31-29-,34-32-,42-39-,48-46-,56-53-. The fourth-order valence-corrected chi connectivity index (χ4v) is 10.2. The first-order valence-corrected chi connectivity index (χ1v) is 35.7. The van der Waals surface area contributed by atoms with E-state index in [1.165, 1.54) is 205 Å². The second kappa shape index (κ2) is 70.8. The topological polar surface area (TPSA) is 78.9 Å². The molecule has 1 atom stereocenters. The largest absolute Gasteiger partial charge is 0.462 e. The molecule has 0 aromatic rings. The minimum absolute atomic E-state index is 0.0877. The molecule has 1 unspecified atom stereocenters. The molecule has 0 saturated heterocycles. The highest BCUT2D eigenvalue weighted by Gasteiger charge is 2.19. The van der Waals surface area contributed by atoms with Gasteiger partial charge in [0.15, 0.2) is 6.10 Å². The Labute approximate surface area is 515 Å². The second-order valence-corrected chi connectivity index (χ2v) is 23.8. The number of carbonyl (C=O) groups excluding carboxylic acids is 3. The van der Waals surface area contributed by atoms with Crippen molar-refractivity contribution in [2.45, 2.75) is 361 Å². The Bertz CT molecular complexity index is 1610. The van der Waals surface area contributed by atoms with Gasteiger partial charge < -0.3 is 14.2 Å². The SMILES string of the molecule is CC/C=C\C/C=C\C/C=C\C/C=C\C/C=C\C/C=C\C/C=C\CCCCCC(=O)OC(COC(=O)CCCCCCCCCCCCCCC)COC(=O)CCCCCCCCCCCCCCCCC/C=C\CCCCCCCCCC. The van der Waals surface area contributed by atoms with Gasteiger partial charge in [0, 0.05) is 19.3 Å². The Morgan fingerprint density at radius 3 is 0.759 bits per heavy atom. The van der Waals surface area contributed by atoms with Gasteiger partial charge >= 0.3 is 17.9 Å². The lowest BCUT2D eigenvalue weighted by molar-refractivity contribution is -0.167. The average Bonchev–Trinajstić information content (AvgIpc) is 3.49. The maximum absolute atomic E-state index is 12.9. The van der Waals surface area contributed by atoms with Gasteiger partial charge in [0.2, 0.25) is 0 Å². The highest BCUT2D eigenvalue weighted by Crippen LogP contribution is 2.17. The van der Waals surface area contributed by atoms with Gasteiger partial charge in [-0.25, -0.2) is 0 Å². The number of hydrogen-bond donors (Lipinski definition) is 0. The summed E-state index contributed by atoms with van der Waals surface area (Å²) in [6, 6.07) is 0. The van der Waals surface area contributed by atoms with E-state index in [1.54, 1.807) is 0 Å². The summed E-state index contributed by atoms with van der Waals surface area (Å²) >= 11 is 0. The van der Waals surface area contributed by atoms with E-state index in [0.717, 1.165) is 109 Å². The van der Waals surface area contributed by atoms with Crippen LogP contribution in [0, 0.1) is 0 Å². The van der Waals surface area contributed by atoms with Crippen LogP contribution in [-0.4, -0.2) is 37.2 Å². The molecule has 83 heavy (non-hydrogen) atoms. The molecular formula is C77H134O6. The molecule has 0 amide bonds. The Kier molecular flexibility index (Phi) is 67.7. The van der Waals surface area contributed by atoms with Gasteiger partial charge in [-0.1, -0.05) is 330 Å². The number of allylic oxidation sites excluding steroid dienone is 16. The highest BCUT2D eigenvalue weighted by molar-refractivity contribution is 5.71. The Balaban J connectivity index is 4.33. The minimum atomic E-state index is -0.796. The van der Waals surface area contributed by atoms with E-state index >= 15 is 0 Å². The number of ether oxygens (including phenoxy) is 3. The Hall–Kier alpha value is -3.67. The molecule has 0 heterocycles. The van der Waals surface area contributed by atoms with E-state index in [1.807, 2.05) is 0 Å². The average molecular weight is 1160 g/mol. The van der Waals surface area contributed by atoms with Crippen molar-refractivity contribution >= 4 is 17.9 Å². The third kappa shape index (κ3) is 69.0. The molecule has 0 aliphatic carbocycles. The number of carbonyl (C=O) groups is 3. The fourth-order valence-electron chi connectivity index (χ4n) is 10.2. The zero-order valence-corrected chi connectivity index (χ0v) is 54.9. The lowest BCUT2D eigenvalue weighted by atomic mass is 10.0. The van der Waals surface area contributed by atoms with E-state index in [2.05, 4.69) is 118 Å². The normalized spacial score (nSPS) is 12.7. The molecule has 6 heteroatoms. The van der Waals surface area contributed by atoms with Crippen LogP contribution in [0.25, 0.3) is 0 Å². The van der Waals surface area contributed by atoms with E-state index in [0.29, 0.717) is 12.8 Å². The zero-order chi connectivity index (χ0) is 59.9. The quantitative estimate of drug-likeness (QED) is 0.0261. The van der Waals surface area contributed by atoms with Gasteiger partial charge in [-0.15, -0.1) is 0 Å². The van der Waals surface area contributed by atoms with Crippen LogP contribution in [0.4, 0.5) is 0 Å². The van der Waals surface area contributed by atoms with Crippen molar-refractivity contribution in [3.8, 4) is 0 Å². The number of esters is 3. The predicted molar refractivity (Wildman–Crippen MR) is 362 cm³/mol. The van der Waals surface area contributed by atoms with E-state index in [-0.39, 0.29) is 37.5 Å². The molecule has 0 rings (SSSR count). The van der Waals surface area contributed by atoms with E-state index in [9.17, 15) is 14.4 Å². The Morgan fingerprint density at radius 2 is 0.470 bits per heavy atom. The van der Waals surface area contributed by atoms with Crippen LogP contribution in [0.3, 0.4) is 0 Å². The molecule has 0 aromatic carbocycles. The van der Waals surface area contributed by atoms with E-state index in [4.69, 9.17) is 14.2 Å². The highest BCUT2D eigenvalue weighted by atomic mass is 16.6. The molecule has 0 saturated carbocycles. The number of rotatable bonds is 65. The van der Waals surface area contributed by atoms with Crippen molar-refractivity contribution in [1.29, 1.82) is 0 Å². The first-order valence-electron chi connectivity index (χ1n) is 35.7. The van der Waals surface area contributed by atoms with Gasteiger partial charge in [-0.2, -0.15) is 0 Å². The van der Waals surface area contributed by atoms with Crippen LogP contribution < -0.4 is 0 Å². The molecule has 0 aliphatic heterocycles. The van der Waals surface area contributed by atoms with Gasteiger partial charge in [-0.05, 0) is 103 Å². The minimum Gasteiger partial charge on any atom is -0.462 e. The van der Waals surface area contributed by atoms with Crippen LogP contribution in [0.5, 0.6) is 0 Å². The monoisotopic (exact) mass is 1160 g/mol. The summed E-state index contributed by atoms with van der Waals surface area (Å²) in [5.41, 5.74) is 0. The number of hydrogen-bond acceptors (Lipinski definition) is 6. The van der Waals surface area contributed by atoms with E-state index < -0.39 is 6.10 Å². The van der Waals surface area contributed by atoms with Crippen molar-refractivity contribution in [2.75, 3.05) is 13.2 Å². The predicted octanol–water partition coefficient (Wildman–Crippen LogP) is 24.8. The molecular weight excluding hydrogens is 1020 g/mol. The number of unbranched alkanes of at least 4 members (excludes halogenated alkanes) is 38. The van der Waals surface area contributed by atoms with Crippen LogP contribution in [0.2, 0.25) is 0 Å². The van der Waals surface area contributed by atoms with Crippen LogP contribution in [0.1, 0.15) is 355 Å². The second-order valence-electron chi connectivity index (χ2n) is 23.8. The third-order valence-electron chi connectivity index (χ3n) is 15.6. The molecule has 0 aliphatic rings. The molecule has 478 valence electrons. The molecule has 0 bridgehead atoms. The van der Waals surface area contributed by atoms with Crippen LogP contribution in [0.15, 0.2) is 97.2 Å². The summed E-state index contributed by atoms with van der Waals surface area (Å²) in [7, 11) is 0. The van der Waals surface area contributed by atoms with Crippen molar-refractivity contribution in [3.63, 3.8) is 0 Å². The fraction of sp³-hybridized carbons (Fsp3) is 0.753. The molecule has 0 fully saturated rings. The molecule has 0 radical (unpaired) electrons. The Morgan fingerprint density at radius 1 is 0.253 bits per heavy atom. The molecule has 0 aromatic heterocycles. The van der Waals surface area contributed by atoms with Crippen LogP contribution >= 0.6 is 0 Å². The van der Waals surface area contributed by atoms with Gasteiger partial charge in [0.1, 0.15) is 13.2 Å². The smallest absolute Gasteiger partial charge is 0.306 e. The summed E-state index contributed by atoms with van der Waals surface area (Å²) < 4.78 is 17.0.